The first-order chi connectivity index (χ1) is 15.4. The van der Waals surface area contributed by atoms with Crippen molar-refractivity contribution in [2.75, 3.05) is 20.2 Å². The third-order valence-corrected chi connectivity index (χ3v) is 7.84. The molecule has 1 fully saturated rings. The molecule has 174 valence electrons. The fourth-order valence-electron chi connectivity index (χ4n) is 4.06. The Morgan fingerprint density at radius 1 is 1.06 bits per heavy atom. The molecule has 1 heterocycles. The molecule has 0 bridgehead atoms. The van der Waals surface area contributed by atoms with Crippen LogP contribution < -0.4 is 10.1 Å². The number of nitrogens with one attached hydrogen (secondary N) is 1. The van der Waals surface area contributed by atoms with E-state index in [1.165, 1.54) is 5.56 Å². The average molecular weight is 459 g/mol. The van der Waals surface area contributed by atoms with Crippen molar-refractivity contribution in [3.8, 4) is 5.75 Å². The highest BCUT2D eigenvalue weighted by atomic mass is 32.2. The number of nitrogens with zero attached hydrogens (tertiary/aromatic N) is 1. The molecule has 0 aliphatic carbocycles. The molecule has 32 heavy (non-hydrogen) atoms. The minimum Gasteiger partial charge on any atom is -0.496 e. The summed E-state index contributed by atoms with van der Waals surface area (Å²) in [6.07, 6.45) is 5.33. The van der Waals surface area contributed by atoms with Crippen LogP contribution in [0.5, 0.6) is 5.75 Å². The Labute approximate surface area is 192 Å². The van der Waals surface area contributed by atoms with Crippen LogP contribution in [-0.4, -0.2) is 44.9 Å². The largest absolute Gasteiger partial charge is 0.496 e. The molecule has 0 unspecified atom stereocenters. The second-order valence-electron chi connectivity index (χ2n) is 8.43. The second-order valence-corrected chi connectivity index (χ2v) is 10.4. The summed E-state index contributed by atoms with van der Waals surface area (Å²) in [7, 11) is -1.96. The van der Waals surface area contributed by atoms with E-state index in [2.05, 4.69) is 17.4 Å². The molecular formula is C25H34N2O4S. The van der Waals surface area contributed by atoms with E-state index in [0.717, 1.165) is 37.7 Å². The highest BCUT2D eigenvalue weighted by Gasteiger charge is 2.26. The molecule has 3 rings (SSSR count). The standard InChI is InChI=1S/C25H34N2O4S/c1-20(11-12-21-9-5-3-6-10-21)26-25(28)16-13-22-19-23(14-15-24(22)31-2)32(29,30)27-17-7-4-8-18-27/h3,5-6,9-10,14-15,19-20H,4,7-8,11-13,16-18H2,1-2H3,(H,26,28)/t20-/m0/s1. The second kappa shape index (κ2) is 11.5. The van der Waals surface area contributed by atoms with Crippen molar-refractivity contribution in [3.05, 3.63) is 59.7 Å². The molecule has 1 saturated heterocycles. The van der Waals surface area contributed by atoms with Crippen molar-refractivity contribution in [1.29, 1.82) is 0 Å². The Morgan fingerprint density at radius 3 is 2.47 bits per heavy atom. The van der Waals surface area contributed by atoms with Gasteiger partial charge in [-0.3, -0.25) is 4.79 Å². The van der Waals surface area contributed by atoms with E-state index in [9.17, 15) is 13.2 Å². The van der Waals surface area contributed by atoms with Gasteiger partial charge in [0.1, 0.15) is 5.75 Å². The SMILES string of the molecule is COc1ccc(S(=O)(=O)N2CCCCC2)cc1CCC(=O)N[C@@H](C)CCc1ccccc1. The topological polar surface area (TPSA) is 75.7 Å². The molecule has 0 saturated carbocycles. The zero-order valence-corrected chi connectivity index (χ0v) is 19.9. The van der Waals surface area contributed by atoms with Crippen LogP contribution in [0.3, 0.4) is 0 Å². The van der Waals surface area contributed by atoms with Gasteiger partial charge in [0.2, 0.25) is 15.9 Å². The van der Waals surface area contributed by atoms with Gasteiger partial charge >= 0.3 is 0 Å². The molecule has 1 amide bonds. The van der Waals surface area contributed by atoms with Crippen LogP contribution in [0.2, 0.25) is 0 Å². The van der Waals surface area contributed by atoms with Gasteiger partial charge in [-0.1, -0.05) is 36.8 Å². The van der Waals surface area contributed by atoms with Crippen LogP contribution in [0.25, 0.3) is 0 Å². The lowest BCUT2D eigenvalue weighted by atomic mass is 10.1. The summed E-state index contributed by atoms with van der Waals surface area (Å²) >= 11 is 0. The first-order valence-electron chi connectivity index (χ1n) is 11.4. The Bertz CT molecular complexity index is 986. The summed E-state index contributed by atoms with van der Waals surface area (Å²) in [5.74, 6) is 0.560. The van der Waals surface area contributed by atoms with Crippen molar-refractivity contribution in [3.63, 3.8) is 0 Å². The number of ether oxygens (including phenoxy) is 1. The number of aryl methyl sites for hydroxylation is 2. The molecule has 6 nitrogen and oxygen atoms in total. The summed E-state index contributed by atoms with van der Waals surface area (Å²) in [5.41, 5.74) is 1.99. The normalized spacial score (nSPS) is 15.8. The molecule has 1 aliphatic heterocycles. The van der Waals surface area contributed by atoms with Crippen LogP contribution >= 0.6 is 0 Å². The van der Waals surface area contributed by atoms with Crippen LogP contribution in [0.1, 0.15) is 50.2 Å². The highest BCUT2D eigenvalue weighted by Crippen LogP contribution is 2.27. The van der Waals surface area contributed by atoms with Gasteiger partial charge in [-0.15, -0.1) is 0 Å². The highest BCUT2D eigenvalue weighted by molar-refractivity contribution is 7.89. The first kappa shape index (κ1) is 24.3. The van der Waals surface area contributed by atoms with E-state index >= 15 is 0 Å². The quantitative estimate of drug-likeness (QED) is 0.585. The van der Waals surface area contributed by atoms with Crippen molar-refractivity contribution in [1.82, 2.24) is 9.62 Å². The van der Waals surface area contributed by atoms with E-state index in [1.807, 2.05) is 25.1 Å². The Kier molecular flexibility index (Phi) is 8.70. The number of methoxy groups -OCH3 is 1. The predicted molar refractivity (Wildman–Crippen MR) is 126 cm³/mol. The van der Waals surface area contributed by atoms with E-state index in [-0.39, 0.29) is 23.3 Å². The number of amides is 1. The monoisotopic (exact) mass is 458 g/mol. The van der Waals surface area contributed by atoms with Crippen LogP contribution in [0.15, 0.2) is 53.4 Å². The van der Waals surface area contributed by atoms with Gasteiger partial charge in [-0.2, -0.15) is 4.31 Å². The molecule has 2 aromatic rings. The zero-order valence-electron chi connectivity index (χ0n) is 19.0. The van der Waals surface area contributed by atoms with Crippen LogP contribution in [0, 0.1) is 0 Å². The molecule has 0 radical (unpaired) electrons. The average Bonchev–Trinajstić information content (AvgIpc) is 2.82. The van der Waals surface area contributed by atoms with Crippen LogP contribution in [0.4, 0.5) is 0 Å². The minimum absolute atomic E-state index is 0.0445. The van der Waals surface area contributed by atoms with Crippen LogP contribution in [-0.2, 0) is 27.7 Å². The number of sulfonamides is 1. The maximum Gasteiger partial charge on any atom is 0.243 e. The fraction of sp³-hybridized carbons (Fsp3) is 0.480. The molecule has 0 aromatic heterocycles. The fourth-order valence-corrected chi connectivity index (χ4v) is 5.63. The number of hydrogen-bond acceptors (Lipinski definition) is 4. The number of rotatable bonds is 10. The van der Waals surface area contributed by atoms with Gasteiger partial charge in [0.25, 0.3) is 0 Å². The Hall–Kier alpha value is -2.38. The van der Waals surface area contributed by atoms with Gasteiger partial charge < -0.3 is 10.1 Å². The number of hydrogen-bond donors (Lipinski definition) is 1. The third-order valence-electron chi connectivity index (χ3n) is 5.94. The maximum absolute atomic E-state index is 13.0. The first-order valence-corrected chi connectivity index (χ1v) is 12.8. The molecule has 1 atom stereocenters. The van der Waals surface area contributed by atoms with Crippen molar-refractivity contribution < 1.29 is 17.9 Å². The maximum atomic E-state index is 13.0. The van der Waals surface area contributed by atoms with Crippen molar-refractivity contribution >= 4 is 15.9 Å². The number of carbonyl (C=O) groups is 1. The third kappa shape index (κ3) is 6.56. The molecule has 2 aromatic carbocycles. The van der Waals surface area contributed by atoms with E-state index in [1.54, 1.807) is 29.6 Å². The number of carbonyl (C=O) groups excluding carboxylic acids is 1. The molecule has 7 heteroatoms. The summed E-state index contributed by atoms with van der Waals surface area (Å²) in [5, 5.41) is 3.05. The summed E-state index contributed by atoms with van der Waals surface area (Å²) in [6, 6.07) is 15.2. The van der Waals surface area contributed by atoms with Gasteiger partial charge in [-0.05, 0) is 68.4 Å². The van der Waals surface area contributed by atoms with Gasteiger partial charge in [-0.25, -0.2) is 8.42 Å². The van der Waals surface area contributed by atoms with Crippen molar-refractivity contribution in [2.24, 2.45) is 0 Å². The summed E-state index contributed by atoms with van der Waals surface area (Å²) in [4.78, 5) is 12.8. The smallest absolute Gasteiger partial charge is 0.243 e. The van der Waals surface area contributed by atoms with E-state index in [4.69, 9.17) is 4.74 Å². The predicted octanol–water partition coefficient (Wildman–Crippen LogP) is 3.94. The Morgan fingerprint density at radius 2 is 1.78 bits per heavy atom. The summed E-state index contributed by atoms with van der Waals surface area (Å²) in [6.45, 7) is 3.13. The lowest BCUT2D eigenvalue weighted by Gasteiger charge is -2.26. The van der Waals surface area contributed by atoms with Gasteiger partial charge in [0.15, 0.2) is 0 Å². The number of benzene rings is 2. The molecule has 1 aliphatic rings. The Balaban J connectivity index is 1.58. The zero-order chi connectivity index (χ0) is 23.0. The van der Waals surface area contributed by atoms with Gasteiger partial charge in [0, 0.05) is 25.6 Å². The lowest BCUT2D eigenvalue weighted by Crippen LogP contribution is -2.35. The molecular weight excluding hydrogens is 424 g/mol. The summed E-state index contributed by atoms with van der Waals surface area (Å²) < 4.78 is 33.0. The van der Waals surface area contributed by atoms with E-state index < -0.39 is 10.0 Å². The lowest BCUT2D eigenvalue weighted by molar-refractivity contribution is -0.121. The minimum atomic E-state index is -3.52. The molecule has 1 N–H and O–H groups in total. The van der Waals surface area contributed by atoms with Crippen molar-refractivity contribution in [2.45, 2.75) is 62.8 Å². The van der Waals surface area contributed by atoms with E-state index in [0.29, 0.717) is 25.3 Å². The molecule has 0 spiro atoms. The number of piperidine rings is 1. The van der Waals surface area contributed by atoms with Gasteiger partial charge in [0.05, 0.1) is 12.0 Å².